The Hall–Kier alpha value is -1.70. The van der Waals surface area contributed by atoms with Crippen molar-refractivity contribution in [3.63, 3.8) is 0 Å². The molecule has 1 N–H and O–H groups in total. The molecule has 0 aromatic heterocycles. The molecule has 5 heteroatoms. The van der Waals surface area contributed by atoms with E-state index in [2.05, 4.69) is 11.4 Å². The van der Waals surface area contributed by atoms with Gasteiger partial charge in [-0.3, -0.25) is 4.79 Å². The first-order chi connectivity index (χ1) is 10.5. The van der Waals surface area contributed by atoms with Gasteiger partial charge in [0.25, 0.3) is 0 Å². The highest BCUT2D eigenvalue weighted by atomic mass is 35.5. The van der Waals surface area contributed by atoms with Crippen molar-refractivity contribution in [2.45, 2.75) is 26.7 Å². The number of hydrogen-bond donors (Lipinski definition) is 1. The van der Waals surface area contributed by atoms with Gasteiger partial charge in [0.15, 0.2) is 5.78 Å². The number of ketones is 1. The number of nitriles is 1. The third-order valence-corrected chi connectivity index (χ3v) is 4.67. The summed E-state index contributed by atoms with van der Waals surface area (Å²) in [6.07, 6.45) is 0. The lowest BCUT2D eigenvalue weighted by Crippen LogP contribution is -2.27. The van der Waals surface area contributed by atoms with E-state index in [-0.39, 0.29) is 11.7 Å². The molecule has 0 fully saturated rings. The van der Waals surface area contributed by atoms with Crippen LogP contribution in [0.25, 0.3) is 0 Å². The van der Waals surface area contributed by atoms with Crippen LogP contribution in [0.1, 0.15) is 32.3 Å². The van der Waals surface area contributed by atoms with Crippen LogP contribution < -0.4 is 5.32 Å². The molecule has 0 spiro atoms. The molecular weight excluding hydrogens is 316 g/mol. The minimum absolute atomic E-state index is 0.0294. The predicted octanol–water partition coefficient (Wildman–Crippen LogP) is 4.38. The number of allylic oxidation sites excluding steroid dienone is 3. The number of nitrogens with one attached hydrogen (secondary N) is 1. The SMILES string of the molecule is CCSC1=C(C#N)C(c2ccc(Cl)cc2)C(C(C)=O)=C(C)N1. The van der Waals surface area contributed by atoms with Gasteiger partial charge in [-0.2, -0.15) is 5.26 Å². The van der Waals surface area contributed by atoms with Gasteiger partial charge in [-0.25, -0.2) is 0 Å². The van der Waals surface area contributed by atoms with E-state index in [1.165, 1.54) is 6.92 Å². The maximum Gasteiger partial charge on any atom is 0.158 e. The van der Waals surface area contributed by atoms with Crippen molar-refractivity contribution in [3.05, 3.63) is 56.7 Å². The number of rotatable bonds is 4. The molecule has 3 nitrogen and oxygen atoms in total. The fourth-order valence-electron chi connectivity index (χ4n) is 2.63. The van der Waals surface area contributed by atoms with E-state index in [1.54, 1.807) is 23.9 Å². The highest BCUT2D eigenvalue weighted by molar-refractivity contribution is 8.03. The van der Waals surface area contributed by atoms with Crippen molar-refractivity contribution in [1.82, 2.24) is 5.32 Å². The normalized spacial score (nSPS) is 18.0. The number of halogens is 1. The molecule has 1 atom stereocenters. The van der Waals surface area contributed by atoms with E-state index in [0.29, 0.717) is 16.2 Å². The zero-order valence-corrected chi connectivity index (χ0v) is 14.3. The van der Waals surface area contributed by atoms with Crippen LogP contribution in [-0.2, 0) is 4.79 Å². The second kappa shape index (κ2) is 7.04. The van der Waals surface area contributed by atoms with Crippen molar-refractivity contribution in [2.75, 3.05) is 5.75 Å². The summed E-state index contributed by atoms with van der Waals surface area (Å²) >= 11 is 7.53. The van der Waals surface area contributed by atoms with Crippen molar-refractivity contribution in [2.24, 2.45) is 0 Å². The highest BCUT2D eigenvalue weighted by Gasteiger charge is 2.32. The number of Topliss-reactive ketones (excluding diaryl/α,β-unsaturated/α-hetero) is 1. The third kappa shape index (κ3) is 3.21. The lowest BCUT2D eigenvalue weighted by Gasteiger charge is -2.29. The number of thioether (sulfide) groups is 1. The molecule has 0 radical (unpaired) electrons. The average molecular weight is 333 g/mol. The third-order valence-electron chi connectivity index (χ3n) is 3.52. The second-order valence-electron chi connectivity index (χ2n) is 4.99. The van der Waals surface area contributed by atoms with Crippen molar-refractivity contribution < 1.29 is 4.79 Å². The first-order valence-corrected chi connectivity index (χ1v) is 8.37. The molecule has 2 rings (SSSR count). The minimum Gasteiger partial charge on any atom is -0.353 e. The molecule has 1 aromatic rings. The summed E-state index contributed by atoms with van der Waals surface area (Å²) in [7, 11) is 0. The fourth-order valence-corrected chi connectivity index (χ4v) is 3.59. The quantitative estimate of drug-likeness (QED) is 0.889. The lowest BCUT2D eigenvalue weighted by molar-refractivity contribution is -0.113. The molecule has 1 aliphatic heterocycles. The van der Waals surface area contributed by atoms with Gasteiger partial charge in [0.05, 0.1) is 22.6 Å². The van der Waals surface area contributed by atoms with E-state index in [9.17, 15) is 10.1 Å². The zero-order chi connectivity index (χ0) is 16.3. The summed E-state index contributed by atoms with van der Waals surface area (Å²) in [5, 5.41) is 14.3. The van der Waals surface area contributed by atoms with Crippen LogP contribution in [0.5, 0.6) is 0 Å². The van der Waals surface area contributed by atoms with E-state index in [4.69, 9.17) is 11.6 Å². The molecule has 0 saturated heterocycles. The van der Waals surface area contributed by atoms with Gasteiger partial charge in [0.1, 0.15) is 0 Å². The molecule has 0 aliphatic carbocycles. The Morgan fingerprint density at radius 1 is 1.41 bits per heavy atom. The van der Waals surface area contributed by atoms with Crippen LogP contribution in [0.3, 0.4) is 0 Å². The topological polar surface area (TPSA) is 52.9 Å². The first-order valence-electron chi connectivity index (χ1n) is 7.00. The fraction of sp³-hybridized carbons (Fsp3) is 0.294. The largest absolute Gasteiger partial charge is 0.353 e. The number of hydrogen-bond acceptors (Lipinski definition) is 4. The molecule has 1 heterocycles. The van der Waals surface area contributed by atoms with E-state index in [0.717, 1.165) is 22.0 Å². The van der Waals surface area contributed by atoms with E-state index >= 15 is 0 Å². The van der Waals surface area contributed by atoms with Crippen LogP contribution in [-0.4, -0.2) is 11.5 Å². The molecule has 0 saturated carbocycles. The maximum atomic E-state index is 12.1. The van der Waals surface area contributed by atoms with E-state index in [1.807, 2.05) is 26.0 Å². The van der Waals surface area contributed by atoms with Crippen LogP contribution in [0.15, 0.2) is 46.1 Å². The lowest BCUT2D eigenvalue weighted by atomic mass is 9.81. The number of carbonyl (C=O) groups excluding carboxylic acids is 1. The number of carbonyl (C=O) groups is 1. The molecule has 1 unspecified atom stereocenters. The monoisotopic (exact) mass is 332 g/mol. The molecule has 114 valence electrons. The number of dihydropyridines is 1. The highest BCUT2D eigenvalue weighted by Crippen LogP contribution is 2.40. The summed E-state index contributed by atoms with van der Waals surface area (Å²) in [6, 6.07) is 9.61. The van der Waals surface area contributed by atoms with Crippen LogP contribution >= 0.6 is 23.4 Å². The molecule has 0 amide bonds. The Labute approximate surface area is 140 Å². The summed E-state index contributed by atoms with van der Waals surface area (Å²) in [4.78, 5) is 12.1. The van der Waals surface area contributed by atoms with Gasteiger partial charge in [-0.05, 0) is 37.3 Å². The predicted molar refractivity (Wildman–Crippen MR) is 91.5 cm³/mol. The summed E-state index contributed by atoms with van der Waals surface area (Å²) in [5.41, 5.74) is 2.94. The Morgan fingerprint density at radius 3 is 2.55 bits per heavy atom. The molecular formula is C17H17ClN2OS. The zero-order valence-electron chi connectivity index (χ0n) is 12.7. The van der Waals surface area contributed by atoms with Gasteiger partial charge >= 0.3 is 0 Å². The summed E-state index contributed by atoms with van der Waals surface area (Å²) in [6.45, 7) is 5.45. The Kier molecular flexibility index (Phi) is 5.33. The van der Waals surface area contributed by atoms with Gasteiger partial charge in [-0.15, -0.1) is 11.8 Å². The van der Waals surface area contributed by atoms with Gasteiger partial charge < -0.3 is 5.32 Å². The molecule has 1 aliphatic rings. The van der Waals surface area contributed by atoms with Crippen molar-refractivity contribution in [1.29, 1.82) is 5.26 Å². The van der Waals surface area contributed by atoms with Crippen LogP contribution in [0, 0.1) is 11.3 Å². The van der Waals surface area contributed by atoms with Crippen LogP contribution in [0.2, 0.25) is 5.02 Å². The van der Waals surface area contributed by atoms with Crippen molar-refractivity contribution in [3.8, 4) is 6.07 Å². The second-order valence-corrected chi connectivity index (χ2v) is 6.70. The molecule has 22 heavy (non-hydrogen) atoms. The smallest absolute Gasteiger partial charge is 0.158 e. The first kappa shape index (κ1) is 16.7. The van der Waals surface area contributed by atoms with Crippen LogP contribution in [0.4, 0.5) is 0 Å². The van der Waals surface area contributed by atoms with E-state index < -0.39 is 0 Å². The maximum absolute atomic E-state index is 12.1. The van der Waals surface area contributed by atoms with Gasteiger partial charge in [0.2, 0.25) is 0 Å². The van der Waals surface area contributed by atoms with Crippen molar-refractivity contribution >= 4 is 29.1 Å². The standard InChI is InChI=1S/C17H17ClN2OS/c1-4-22-17-14(9-19)16(12-5-7-13(18)8-6-12)15(11(3)21)10(2)20-17/h5-8,16,20H,4H2,1-3H3. The summed E-state index contributed by atoms with van der Waals surface area (Å²) < 4.78 is 0. The number of benzene rings is 1. The Balaban J connectivity index is 2.63. The Bertz CT molecular complexity index is 698. The molecule has 1 aromatic carbocycles. The summed E-state index contributed by atoms with van der Waals surface area (Å²) in [5.74, 6) is 0.483. The molecule has 0 bridgehead atoms. The van der Waals surface area contributed by atoms with Gasteiger partial charge in [0, 0.05) is 16.3 Å². The minimum atomic E-state index is -0.338. The van der Waals surface area contributed by atoms with Gasteiger partial charge in [-0.1, -0.05) is 30.7 Å². The Morgan fingerprint density at radius 2 is 2.05 bits per heavy atom. The number of nitrogens with zero attached hydrogens (tertiary/aromatic N) is 1. The average Bonchev–Trinajstić information content (AvgIpc) is 2.47.